The van der Waals surface area contributed by atoms with Gasteiger partial charge in [0, 0.05) is 12.2 Å². The van der Waals surface area contributed by atoms with Gasteiger partial charge >= 0.3 is 0 Å². The Morgan fingerprint density at radius 3 is 3.00 bits per heavy atom. The Bertz CT molecular complexity index is 286. The molecule has 0 aliphatic rings. The molecule has 0 aliphatic heterocycles. The van der Waals surface area contributed by atoms with Crippen molar-refractivity contribution in [1.29, 1.82) is 0 Å². The summed E-state index contributed by atoms with van der Waals surface area (Å²) in [5.41, 5.74) is 0. The molecular formula is C7H12N4OS. The van der Waals surface area contributed by atoms with Crippen molar-refractivity contribution in [3.05, 3.63) is 5.82 Å². The van der Waals surface area contributed by atoms with Crippen LogP contribution in [0.3, 0.4) is 0 Å². The third-order valence-electron chi connectivity index (χ3n) is 1.38. The summed E-state index contributed by atoms with van der Waals surface area (Å²) in [7, 11) is 0. The molecule has 72 valence electrons. The summed E-state index contributed by atoms with van der Waals surface area (Å²) in [6, 6.07) is 0. The molecule has 1 aromatic heterocycles. The Labute approximate surface area is 80.7 Å². The van der Waals surface area contributed by atoms with Crippen LogP contribution in [-0.4, -0.2) is 33.1 Å². The topological polar surface area (TPSA) is 70.7 Å². The van der Waals surface area contributed by atoms with Crippen LogP contribution in [0, 0.1) is 6.92 Å². The number of nitrogens with zero attached hydrogens (tertiary/aromatic N) is 2. The molecule has 0 bridgehead atoms. The van der Waals surface area contributed by atoms with Crippen LogP contribution in [0.1, 0.15) is 12.2 Å². The first-order chi connectivity index (χ1) is 6.22. The molecule has 0 fully saturated rings. The van der Waals surface area contributed by atoms with Gasteiger partial charge in [-0.1, -0.05) is 0 Å². The van der Waals surface area contributed by atoms with Gasteiger partial charge in [-0.15, -0.1) is 5.10 Å². The molecule has 0 aliphatic carbocycles. The number of aromatic amines is 1. The Hall–Kier alpha value is -1.04. The summed E-state index contributed by atoms with van der Waals surface area (Å²) in [5.74, 6) is 1.81. The fourth-order valence-corrected chi connectivity index (χ4v) is 1.17. The maximum absolute atomic E-state index is 11.2. The molecule has 1 aromatic rings. The van der Waals surface area contributed by atoms with E-state index in [-0.39, 0.29) is 5.91 Å². The van der Waals surface area contributed by atoms with Gasteiger partial charge in [-0.3, -0.25) is 15.2 Å². The number of aromatic nitrogens is 3. The monoisotopic (exact) mass is 200 g/mol. The first-order valence-electron chi connectivity index (χ1n) is 3.90. The van der Waals surface area contributed by atoms with Gasteiger partial charge in [0.1, 0.15) is 5.82 Å². The number of amides is 1. The Balaban J connectivity index is 2.36. The molecule has 1 heterocycles. The van der Waals surface area contributed by atoms with E-state index in [4.69, 9.17) is 0 Å². The van der Waals surface area contributed by atoms with Crippen LogP contribution in [-0.2, 0) is 4.79 Å². The lowest BCUT2D eigenvalue weighted by atomic mass is 10.4. The number of hydrogen-bond acceptors (Lipinski definition) is 4. The van der Waals surface area contributed by atoms with E-state index in [0.717, 1.165) is 5.75 Å². The zero-order valence-corrected chi connectivity index (χ0v) is 8.44. The highest BCUT2D eigenvalue weighted by Gasteiger charge is 2.04. The van der Waals surface area contributed by atoms with Crippen LogP contribution in [0.5, 0.6) is 0 Å². The van der Waals surface area contributed by atoms with Crippen LogP contribution in [0.2, 0.25) is 0 Å². The summed E-state index contributed by atoms with van der Waals surface area (Å²) >= 11 is 1.64. The van der Waals surface area contributed by atoms with Gasteiger partial charge in [0.2, 0.25) is 11.9 Å². The summed E-state index contributed by atoms with van der Waals surface area (Å²) in [6.45, 7) is 1.78. The average molecular weight is 200 g/mol. The second-order valence-electron chi connectivity index (χ2n) is 2.54. The Morgan fingerprint density at radius 2 is 2.46 bits per heavy atom. The quantitative estimate of drug-likeness (QED) is 0.754. The highest BCUT2D eigenvalue weighted by molar-refractivity contribution is 7.98. The molecule has 1 amide bonds. The predicted octanol–water partition coefficient (Wildman–Crippen LogP) is 0.805. The van der Waals surface area contributed by atoms with Crippen molar-refractivity contribution in [2.75, 3.05) is 17.3 Å². The first kappa shape index (κ1) is 10.0. The fourth-order valence-electron chi connectivity index (χ4n) is 0.781. The van der Waals surface area contributed by atoms with Crippen molar-refractivity contribution in [2.24, 2.45) is 0 Å². The highest BCUT2D eigenvalue weighted by Crippen LogP contribution is 2.00. The molecule has 0 radical (unpaired) electrons. The summed E-state index contributed by atoms with van der Waals surface area (Å²) in [4.78, 5) is 15.1. The minimum Gasteiger partial charge on any atom is -0.293 e. The van der Waals surface area contributed by atoms with Gasteiger partial charge in [0.25, 0.3) is 0 Å². The number of rotatable bonds is 4. The lowest BCUT2D eigenvalue weighted by molar-refractivity contribution is -0.115. The number of hydrogen-bond donors (Lipinski definition) is 2. The first-order valence-corrected chi connectivity index (χ1v) is 5.29. The lowest BCUT2D eigenvalue weighted by Gasteiger charge is -1.97. The van der Waals surface area contributed by atoms with Crippen LogP contribution >= 0.6 is 11.8 Å². The summed E-state index contributed by atoms with van der Waals surface area (Å²) < 4.78 is 0. The number of anilines is 1. The fraction of sp³-hybridized carbons (Fsp3) is 0.571. The summed E-state index contributed by atoms with van der Waals surface area (Å²) in [6.07, 6.45) is 2.46. The smallest absolute Gasteiger partial charge is 0.248 e. The predicted molar refractivity (Wildman–Crippen MR) is 52.7 cm³/mol. The van der Waals surface area contributed by atoms with Crippen molar-refractivity contribution in [1.82, 2.24) is 15.2 Å². The molecule has 0 aromatic carbocycles. The largest absolute Gasteiger partial charge is 0.293 e. The third kappa shape index (κ3) is 3.45. The maximum Gasteiger partial charge on any atom is 0.248 e. The average Bonchev–Trinajstić information content (AvgIpc) is 2.48. The SMILES string of the molecule is CSCCC(=O)Nc1n[nH]c(C)n1. The van der Waals surface area contributed by atoms with Gasteiger partial charge in [-0.2, -0.15) is 16.7 Å². The molecule has 0 atom stereocenters. The van der Waals surface area contributed by atoms with Gasteiger partial charge in [0.05, 0.1) is 0 Å². The second-order valence-corrected chi connectivity index (χ2v) is 3.52. The highest BCUT2D eigenvalue weighted by atomic mass is 32.2. The van der Waals surface area contributed by atoms with Crippen LogP contribution in [0.4, 0.5) is 5.95 Å². The molecule has 1 rings (SSSR count). The van der Waals surface area contributed by atoms with E-state index in [9.17, 15) is 4.79 Å². The second kappa shape index (κ2) is 4.86. The van der Waals surface area contributed by atoms with Crippen LogP contribution in [0.15, 0.2) is 0 Å². The number of carbonyl (C=O) groups is 1. The van der Waals surface area contributed by atoms with Crippen LogP contribution in [0.25, 0.3) is 0 Å². The van der Waals surface area contributed by atoms with Crippen LogP contribution < -0.4 is 5.32 Å². The van der Waals surface area contributed by atoms with Crippen molar-refractivity contribution in [2.45, 2.75) is 13.3 Å². The van der Waals surface area contributed by atoms with E-state index in [1.807, 2.05) is 6.26 Å². The molecular weight excluding hydrogens is 188 g/mol. The summed E-state index contributed by atoms with van der Waals surface area (Å²) in [5, 5.41) is 9.03. The molecule has 2 N–H and O–H groups in total. The number of aryl methyl sites for hydroxylation is 1. The normalized spacial score (nSPS) is 10.0. The van der Waals surface area contributed by atoms with E-state index in [2.05, 4.69) is 20.5 Å². The number of nitrogens with one attached hydrogen (secondary N) is 2. The minimum absolute atomic E-state index is 0.0478. The van der Waals surface area contributed by atoms with E-state index in [1.54, 1.807) is 18.7 Å². The number of H-pyrrole nitrogens is 1. The van der Waals surface area contributed by atoms with E-state index >= 15 is 0 Å². The zero-order valence-electron chi connectivity index (χ0n) is 7.63. The van der Waals surface area contributed by atoms with Gasteiger partial charge in [-0.25, -0.2) is 0 Å². The molecule has 0 spiro atoms. The van der Waals surface area contributed by atoms with E-state index in [0.29, 0.717) is 18.2 Å². The molecule has 5 nitrogen and oxygen atoms in total. The molecule has 0 saturated carbocycles. The lowest BCUT2D eigenvalue weighted by Crippen LogP contribution is -2.13. The molecule has 0 saturated heterocycles. The standard InChI is InChI=1S/C7H12N4OS/c1-5-8-7(11-10-5)9-6(12)3-4-13-2/h3-4H2,1-2H3,(H2,8,9,10,11,12). The molecule has 13 heavy (non-hydrogen) atoms. The van der Waals surface area contributed by atoms with Crippen molar-refractivity contribution < 1.29 is 4.79 Å². The third-order valence-corrected chi connectivity index (χ3v) is 1.99. The van der Waals surface area contributed by atoms with Gasteiger partial charge < -0.3 is 0 Å². The van der Waals surface area contributed by atoms with Gasteiger partial charge in [0.15, 0.2) is 0 Å². The maximum atomic E-state index is 11.2. The van der Waals surface area contributed by atoms with E-state index < -0.39 is 0 Å². The Morgan fingerprint density at radius 1 is 1.69 bits per heavy atom. The zero-order chi connectivity index (χ0) is 9.68. The van der Waals surface area contributed by atoms with Gasteiger partial charge in [-0.05, 0) is 13.2 Å². The number of carbonyl (C=O) groups excluding carboxylic acids is 1. The molecule has 0 unspecified atom stereocenters. The van der Waals surface area contributed by atoms with Crippen molar-refractivity contribution in [3.63, 3.8) is 0 Å². The number of thioether (sulfide) groups is 1. The van der Waals surface area contributed by atoms with Crippen molar-refractivity contribution >= 4 is 23.6 Å². The van der Waals surface area contributed by atoms with E-state index in [1.165, 1.54) is 0 Å². The molecule has 6 heteroatoms. The van der Waals surface area contributed by atoms with Crippen molar-refractivity contribution in [3.8, 4) is 0 Å². The Kier molecular flexibility index (Phi) is 3.75. The minimum atomic E-state index is -0.0478.